The molecule has 0 amide bonds. The van der Waals surface area contributed by atoms with Crippen LogP contribution in [0.2, 0.25) is 0 Å². The Hall–Kier alpha value is -3.22. The zero-order valence-corrected chi connectivity index (χ0v) is 16.4. The van der Waals surface area contributed by atoms with E-state index in [9.17, 15) is 22.0 Å². The van der Waals surface area contributed by atoms with Crippen LogP contribution in [-0.4, -0.2) is 5.84 Å². The van der Waals surface area contributed by atoms with Gasteiger partial charge in [-0.05, 0) is 36.1 Å². The van der Waals surface area contributed by atoms with E-state index in [2.05, 4.69) is 10.3 Å². The number of benzene rings is 3. The molecule has 3 aromatic carbocycles. The van der Waals surface area contributed by atoms with Gasteiger partial charge in [-0.2, -0.15) is 0 Å². The minimum Gasteiger partial charge on any atom is -0.339 e. The Labute approximate surface area is 171 Å². The lowest BCUT2D eigenvalue weighted by molar-refractivity contribution is 0.377. The van der Waals surface area contributed by atoms with Crippen molar-refractivity contribution in [3.05, 3.63) is 94.3 Å². The molecule has 3 rings (SSSR count). The predicted molar refractivity (Wildman–Crippen MR) is 108 cm³/mol. The van der Waals surface area contributed by atoms with Crippen LogP contribution >= 0.6 is 0 Å². The van der Waals surface area contributed by atoms with Crippen molar-refractivity contribution in [3.8, 4) is 0 Å². The zero-order chi connectivity index (χ0) is 21.8. The van der Waals surface area contributed by atoms with E-state index >= 15 is 0 Å². The molecule has 0 saturated heterocycles. The van der Waals surface area contributed by atoms with Crippen LogP contribution in [0.15, 0.2) is 53.5 Å². The maximum Gasteiger partial charge on any atom is 0.200 e. The van der Waals surface area contributed by atoms with Crippen molar-refractivity contribution in [1.82, 2.24) is 0 Å². The van der Waals surface area contributed by atoms with Crippen LogP contribution in [0.4, 0.5) is 33.3 Å². The van der Waals surface area contributed by atoms with E-state index < -0.39 is 40.5 Å². The highest BCUT2D eigenvalue weighted by molar-refractivity contribution is 6.10. The van der Waals surface area contributed by atoms with Gasteiger partial charge in [-0.15, -0.1) is 0 Å². The fourth-order valence-electron chi connectivity index (χ4n) is 3.08. The number of halogens is 5. The lowest BCUT2D eigenvalue weighted by atomic mass is 10.1. The Morgan fingerprint density at radius 3 is 1.80 bits per heavy atom. The summed E-state index contributed by atoms with van der Waals surface area (Å²) < 4.78 is 70.5. The number of aliphatic imine (C=N–C) groups is 1. The molecule has 0 spiro atoms. The van der Waals surface area contributed by atoms with E-state index in [1.165, 1.54) is 0 Å². The smallest absolute Gasteiger partial charge is 0.200 e. The third-order valence-electron chi connectivity index (χ3n) is 4.70. The van der Waals surface area contributed by atoms with E-state index in [0.29, 0.717) is 24.2 Å². The normalized spacial score (nSPS) is 11.6. The Bertz CT molecular complexity index is 1080. The third kappa shape index (κ3) is 4.06. The molecule has 0 radical (unpaired) electrons. The quantitative estimate of drug-likeness (QED) is 0.161. The Kier molecular flexibility index (Phi) is 6.50. The molecule has 0 aliphatic rings. The lowest BCUT2D eigenvalue weighted by Crippen LogP contribution is -2.21. The van der Waals surface area contributed by atoms with Gasteiger partial charge in [-0.3, -0.25) is 0 Å². The molecule has 0 bridgehead atoms. The lowest BCUT2D eigenvalue weighted by Gasteiger charge is -2.16. The molecule has 0 atom stereocenters. The highest BCUT2D eigenvalue weighted by atomic mass is 19.2. The van der Waals surface area contributed by atoms with Crippen LogP contribution in [0.5, 0.6) is 0 Å². The second-order valence-electron chi connectivity index (χ2n) is 6.52. The molecule has 0 aliphatic carbocycles. The van der Waals surface area contributed by atoms with E-state index in [4.69, 9.17) is 0 Å². The Balaban J connectivity index is 2.28. The number of nitrogens with zero attached hydrogens (tertiary/aromatic N) is 1. The number of nitrogens with one attached hydrogen (secondary N) is 1. The number of aryl methyl sites for hydroxylation is 2. The second-order valence-corrected chi connectivity index (χ2v) is 6.52. The average Bonchev–Trinajstić information content (AvgIpc) is 2.77. The van der Waals surface area contributed by atoms with E-state index in [-0.39, 0.29) is 0 Å². The van der Waals surface area contributed by atoms with Crippen LogP contribution in [0.1, 0.15) is 30.5 Å². The van der Waals surface area contributed by atoms with E-state index in [1.807, 2.05) is 13.8 Å². The first-order chi connectivity index (χ1) is 14.4. The topological polar surface area (TPSA) is 24.4 Å². The summed E-state index contributed by atoms with van der Waals surface area (Å²) in [4.78, 5) is 4.27. The Morgan fingerprint density at radius 1 is 0.700 bits per heavy atom. The van der Waals surface area contributed by atoms with Gasteiger partial charge in [-0.1, -0.05) is 50.2 Å². The zero-order valence-electron chi connectivity index (χ0n) is 16.4. The molecule has 0 heterocycles. The van der Waals surface area contributed by atoms with E-state index in [0.717, 1.165) is 11.1 Å². The number of para-hydroxylation sites is 2. The number of rotatable bonds is 5. The van der Waals surface area contributed by atoms with Crippen LogP contribution in [0, 0.1) is 29.1 Å². The van der Waals surface area contributed by atoms with Gasteiger partial charge < -0.3 is 5.32 Å². The molecule has 0 fully saturated rings. The summed E-state index contributed by atoms with van der Waals surface area (Å²) in [6.45, 7) is 3.74. The molecule has 3 aromatic rings. The van der Waals surface area contributed by atoms with Gasteiger partial charge in [0.25, 0.3) is 0 Å². The van der Waals surface area contributed by atoms with Gasteiger partial charge in [-0.25, -0.2) is 26.9 Å². The standard InChI is InChI=1S/C23H19F5N2/c1-3-13-9-5-7-11-15(13)29-23(30-16-12-8-6-10-14(16)4-2)17-18(24)20(26)22(28)21(27)19(17)25/h5-12H,3-4H2,1-2H3,(H,29,30). The van der Waals surface area contributed by atoms with Crippen molar-refractivity contribution in [2.45, 2.75) is 26.7 Å². The molecule has 0 unspecified atom stereocenters. The number of anilines is 1. The van der Waals surface area contributed by atoms with Crippen molar-refractivity contribution in [1.29, 1.82) is 0 Å². The van der Waals surface area contributed by atoms with Gasteiger partial charge >= 0.3 is 0 Å². The average molecular weight is 418 g/mol. The second kappa shape index (κ2) is 9.07. The van der Waals surface area contributed by atoms with Gasteiger partial charge in [0.05, 0.1) is 11.3 Å². The number of amidine groups is 1. The van der Waals surface area contributed by atoms with Crippen LogP contribution < -0.4 is 5.32 Å². The summed E-state index contributed by atoms with van der Waals surface area (Å²) >= 11 is 0. The minimum atomic E-state index is -2.21. The maximum atomic E-state index is 14.6. The summed E-state index contributed by atoms with van der Waals surface area (Å²) in [5.74, 6) is -10.6. The molecule has 0 aliphatic heterocycles. The molecule has 0 aromatic heterocycles. The summed E-state index contributed by atoms with van der Waals surface area (Å²) in [6.07, 6.45) is 1.15. The monoisotopic (exact) mass is 418 g/mol. The van der Waals surface area contributed by atoms with Crippen molar-refractivity contribution in [3.63, 3.8) is 0 Å². The van der Waals surface area contributed by atoms with Gasteiger partial charge in [0.1, 0.15) is 5.84 Å². The highest BCUT2D eigenvalue weighted by Crippen LogP contribution is 2.28. The van der Waals surface area contributed by atoms with Crippen molar-refractivity contribution < 1.29 is 22.0 Å². The van der Waals surface area contributed by atoms with Crippen LogP contribution in [0.3, 0.4) is 0 Å². The fraction of sp³-hybridized carbons (Fsp3) is 0.174. The van der Waals surface area contributed by atoms with Gasteiger partial charge in [0.15, 0.2) is 23.3 Å². The minimum absolute atomic E-state index is 0.362. The highest BCUT2D eigenvalue weighted by Gasteiger charge is 2.29. The summed E-state index contributed by atoms with van der Waals surface area (Å²) in [5.41, 5.74) is 1.25. The first-order valence-electron chi connectivity index (χ1n) is 9.42. The van der Waals surface area contributed by atoms with E-state index in [1.54, 1.807) is 48.5 Å². The van der Waals surface area contributed by atoms with Gasteiger partial charge in [0, 0.05) is 5.69 Å². The Morgan fingerprint density at radius 2 is 1.20 bits per heavy atom. The SMILES string of the molecule is CCc1ccccc1N=C(Nc1ccccc1CC)c1c(F)c(F)c(F)c(F)c1F. The molecule has 0 saturated carbocycles. The summed E-state index contributed by atoms with van der Waals surface area (Å²) in [6, 6.07) is 13.7. The van der Waals surface area contributed by atoms with Crippen molar-refractivity contribution >= 4 is 17.2 Å². The molecule has 156 valence electrons. The molecule has 1 N–H and O–H groups in total. The van der Waals surface area contributed by atoms with Crippen LogP contribution in [0.25, 0.3) is 0 Å². The third-order valence-corrected chi connectivity index (χ3v) is 4.70. The summed E-state index contributed by atoms with van der Waals surface area (Å²) in [7, 11) is 0. The van der Waals surface area contributed by atoms with Crippen molar-refractivity contribution in [2.24, 2.45) is 4.99 Å². The largest absolute Gasteiger partial charge is 0.339 e. The van der Waals surface area contributed by atoms with Gasteiger partial charge in [0.2, 0.25) is 5.82 Å². The first kappa shape index (κ1) is 21.5. The first-order valence-corrected chi connectivity index (χ1v) is 9.42. The molecular weight excluding hydrogens is 399 g/mol. The molecule has 7 heteroatoms. The number of hydrogen-bond donors (Lipinski definition) is 1. The number of hydrogen-bond acceptors (Lipinski definition) is 1. The fourth-order valence-corrected chi connectivity index (χ4v) is 3.08. The van der Waals surface area contributed by atoms with Crippen molar-refractivity contribution in [2.75, 3.05) is 5.32 Å². The maximum absolute atomic E-state index is 14.6. The van der Waals surface area contributed by atoms with Crippen LogP contribution in [-0.2, 0) is 12.8 Å². The molecular formula is C23H19F5N2. The summed E-state index contributed by atoms with van der Waals surface area (Å²) in [5, 5.41) is 2.78. The molecule has 30 heavy (non-hydrogen) atoms. The molecule has 2 nitrogen and oxygen atoms in total. The predicted octanol–water partition coefficient (Wildman–Crippen LogP) is 6.70.